The number of carbonyl (C=O) groups excluding carboxylic acids is 1. The van der Waals surface area contributed by atoms with Gasteiger partial charge in [-0.25, -0.2) is 9.97 Å². The van der Waals surface area contributed by atoms with Gasteiger partial charge in [-0.3, -0.25) is 4.79 Å². The number of amides is 1. The van der Waals surface area contributed by atoms with E-state index in [9.17, 15) is 9.90 Å². The van der Waals surface area contributed by atoms with Gasteiger partial charge in [0.25, 0.3) is 0 Å². The van der Waals surface area contributed by atoms with Crippen LogP contribution in [0.2, 0.25) is 0 Å². The lowest BCUT2D eigenvalue weighted by Gasteiger charge is -2.32. The number of benzene rings is 2. The number of aromatic hydroxyl groups is 1. The largest absolute Gasteiger partial charge is 0.508 e. The highest BCUT2D eigenvalue weighted by Crippen LogP contribution is 2.43. The van der Waals surface area contributed by atoms with Gasteiger partial charge in [0.15, 0.2) is 11.5 Å². The monoisotopic (exact) mass is 476 g/mol. The summed E-state index contributed by atoms with van der Waals surface area (Å²) in [6.07, 6.45) is 5.28. The van der Waals surface area contributed by atoms with Crippen molar-refractivity contribution in [1.82, 2.24) is 15.3 Å². The van der Waals surface area contributed by atoms with Crippen molar-refractivity contribution in [2.45, 2.75) is 31.2 Å². The molecule has 2 aromatic carbocycles. The Kier molecular flexibility index (Phi) is 6.56. The summed E-state index contributed by atoms with van der Waals surface area (Å²) in [6.45, 7) is 1.66. The maximum Gasteiger partial charge on any atom is 0.231 e. The van der Waals surface area contributed by atoms with Crippen molar-refractivity contribution in [3.8, 4) is 23.0 Å². The summed E-state index contributed by atoms with van der Waals surface area (Å²) in [5.74, 6) is 2.13. The van der Waals surface area contributed by atoms with E-state index in [1.807, 2.05) is 24.3 Å². The van der Waals surface area contributed by atoms with E-state index in [1.165, 1.54) is 0 Å². The Balaban J connectivity index is 1.30. The molecule has 3 aromatic rings. The van der Waals surface area contributed by atoms with E-state index in [0.717, 1.165) is 43.2 Å². The molecule has 1 atom stereocenters. The van der Waals surface area contributed by atoms with Crippen LogP contribution in [0.4, 0.5) is 5.95 Å². The van der Waals surface area contributed by atoms with Gasteiger partial charge < -0.3 is 29.5 Å². The molecule has 0 saturated carbocycles. The number of carbonyl (C=O) groups is 1. The van der Waals surface area contributed by atoms with Crippen LogP contribution in [0.5, 0.6) is 23.0 Å². The van der Waals surface area contributed by atoms with Crippen LogP contribution in [0, 0.1) is 0 Å². The molecule has 0 spiro atoms. The van der Waals surface area contributed by atoms with Gasteiger partial charge in [-0.05, 0) is 42.7 Å². The molecule has 0 radical (unpaired) electrons. The Morgan fingerprint density at radius 1 is 1.14 bits per heavy atom. The molecule has 1 fully saturated rings. The van der Waals surface area contributed by atoms with E-state index in [1.54, 1.807) is 37.7 Å². The quantitative estimate of drug-likeness (QED) is 0.536. The first-order valence-electron chi connectivity index (χ1n) is 11.7. The van der Waals surface area contributed by atoms with Crippen LogP contribution < -0.4 is 24.4 Å². The van der Waals surface area contributed by atoms with Crippen LogP contribution in [0.1, 0.15) is 36.3 Å². The predicted molar refractivity (Wildman–Crippen MR) is 129 cm³/mol. The number of hydrogen-bond donors (Lipinski definition) is 2. The van der Waals surface area contributed by atoms with Crippen LogP contribution in [0.3, 0.4) is 0 Å². The number of aromatic nitrogens is 2. The number of rotatable bonds is 7. The number of phenolic OH excluding ortho intramolecular Hbond substituents is 1. The molecule has 35 heavy (non-hydrogen) atoms. The molecular weight excluding hydrogens is 448 g/mol. The zero-order valence-electron chi connectivity index (χ0n) is 19.5. The number of ether oxygens (including phenoxy) is 3. The molecule has 1 saturated heterocycles. The molecule has 0 aliphatic carbocycles. The maximum absolute atomic E-state index is 13.2. The smallest absolute Gasteiger partial charge is 0.231 e. The highest BCUT2D eigenvalue weighted by Gasteiger charge is 2.28. The Morgan fingerprint density at radius 2 is 1.83 bits per heavy atom. The van der Waals surface area contributed by atoms with E-state index >= 15 is 0 Å². The Morgan fingerprint density at radius 3 is 2.51 bits per heavy atom. The second kappa shape index (κ2) is 10.1. The van der Waals surface area contributed by atoms with Gasteiger partial charge in [0.2, 0.25) is 18.6 Å². The first-order chi connectivity index (χ1) is 17.1. The highest BCUT2D eigenvalue weighted by molar-refractivity contribution is 5.78. The third-order valence-electron chi connectivity index (χ3n) is 6.50. The van der Waals surface area contributed by atoms with Crippen molar-refractivity contribution in [2.75, 3.05) is 31.9 Å². The molecule has 2 aliphatic heterocycles. The zero-order chi connectivity index (χ0) is 24.2. The fourth-order valence-corrected chi connectivity index (χ4v) is 4.62. The first-order valence-corrected chi connectivity index (χ1v) is 11.7. The minimum Gasteiger partial charge on any atom is -0.508 e. The Hall–Kier alpha value is -4.01. The molecule has 5 rings (SSSR count). The summed E-state index contributed by atoms with van der Waals surface area (Å²) in [4.78, 5) is 23.9. The number of piperidine rings is 1. The average Bonchev–Trinajstić information content (AvgIpc) is 3.35. The number of nitrogens with zero attached hydrogens (tertiary/aromatic N) is 3. The fourth-order valence-electron chi connectivity index (χ4n) is 4.62. The molecule has 2 aliphatic rings. The summed E-state index contributed by atoms with van der Waals surface area (Å²) in [5, 5.41) is 14.0. The maximum atomic E-state index is 13.2. The predicted octanol–water partition coefficient (Wildman–Crippen LogP) is 3.23. The highest BCUT2D eigenvalue weighted by atomic mass is 16.7. The summed E-state index contributed by atoms with van der Waals surface area (Å²) < 4.78 is 16.2. The fraction of sp³-hybridized carbons (Fsp3) is 0.346. The van der Waals surface area contributed by atoms with Gasteiger partial charge >= 0.3 is 0 Å². The summed E-state index contributed by atoms with van der Waals surface area (Å²) in [5.41, 5.74) is 1.51. The number of hydrogen-bond acceptors (Lipinski definition) is 8. The topological polar surface area (TPSA) is 106 Å². The van der Waals surface area contributed by atoms with E-state index in [0.29, 0.717) is 17.1 Å². The molecule has 0 bridgehead atoms. The summed E-state index contributed by atoms with van der Waals surface area (Å²) in [7, 11) is 1.61. The normalized spacial score (nSPS) is 16.1. The van der Waals surface area contributed by atoms with Crippen molar-refractivity contribution in [1.29, 1.82) is 0 Å². The van der Waals surface area contributed by atoms with Crippen LogP contribution in [0.25, 0.3) is 0 Å². The van der Waals surface area contributed by atoms with Gasteiger partial charge in [0.1, 0.15) is 11.5 Å². The lowest BCUT2D eigenvalue weighted by atomic mass is 9.87. The molecular formula is C26H28N4O5. The van der Waals surface area contributed by atoms with Crippen molar-refractivity contribution in [3.05, 3.63) is 66.0 Å². The Labute approximate surface area is 203 Å². The SMILES string of the molecule is COc1ccc(C(CC(=O)NC2CCN(c3ncccn3)CC2)c2cc3c(cc2O)OCO3)cc1. The molecule has 9 heteroatoms. The number of phenols is 1. The number of fused-ring (bicyclic) bond motifs is 1. The van der Waals surface area contributed by atoms with Crippen molar-refractivity contribution < 1.29 is 24.1 Å². The lowest BCUT2D eigenvalue weighted by molar-refractivity contribution is -0.122. The van der Waals surface area contributed by atoms with Crippen LogP contribution in [-0.4, -0.2) is 54.0 Å². The second-order valence-electron chi connectivity index (χ2n) is 8.67. The third kappa shape index (κ3) is 5.08. The van der Waals surface area contributed by atoms with E-state index in [2.05, 4.69) is 20.2 Å². The minimum absolute atomic E-state index is 0.0686. The number of methoxy groups -OCH3 is 1. The molecule has 9 nitrogen and oxygen atoms in total. The van der Waals surface area contributed by atoms with Gasteiger partial charge in [-0.2, -0.15) is 0 Å². The van der Waals surface area contributed by atoms with Gasteiger partial charge in [0.05, 0.1) is 7.11 Å². The first kappa shape index (κ1) is 22.8. The van der Waals surface area contributed by atoms with Gasteiger partial charge in [0, 0.05) is 55.5 Å². The lowest BCUT2D eigenvalue weighted by Crippen LogP contribution is -2.45. The van der Waals surface area contributed by atoms with Gasteiger partial charge in [-0.15, -0.1) is 0 Å². The molecule has 3 heterocycles. The van der Waals surface area contributed by atoms with E-state index < -0.39 is 0 Å². The Bertz CT molecular complexity index is 1160. The van der Waals surface area contributed by atoms with Crippen LogP contribution in [0.15, 0.2) is 54.9 Å². The average molecular weight is 477 g/mol. The molecule has 1 amide bonds. The van der Waals surface area contributed by atoms with Crippen molar-refractivity contribution >= 4 is 11.9 Å². The summed E-state index contributed by atoms with van der Waals surface area (Å²) in [6, 6.07) is 12.7. The van der Waals surface area contributed by atoms with Crippen molar-refractivity contribution in [2.24, 2.45) is 0 Å². The number of anilines is 1. The molecule has 182 valence electrons. The minimum atomic E-state index is -0.367. The van der Waals surface area contributed by atoms with E-state index in [-0.39, 0.29) is 36.8 Å². The molecule has 2 N–H and O–H groups in total. The van der Waals surface area contributed by atoms with Crippen LogP contribution >= 0.6 is 0 Å². The summed E-state index contributed by atoms with van der Waals surface area (Å²) >= 11 is 0. The standard InChI is InChI=1S/C26H28N4O5/c1-33-19-5-3-17(4-6-19)20(21-13-23-24(15-22(21)31)35-16-34-23)14-25(32)29-18-7-11-30(12-8-18)26-27-9-2-10-28-26/h2-6,9-10,13,15,18,20,31H,7-8,11-12,14,16H2,1H3,(H,29,32). The molecule has 1 aromatic heterocycles. The van der Waals surface area contributed by atoms with Crippen LogP contribution in [-0.2, 0) is 4.79 Å². The third-order valence-corrected chi connectivity index (χ3v) is 6.50. The van der Waals surface area contributed by atoms with Crippen molar-refractivity contribution in [3.63, 3.8) is 0 Å². The second-order valence-corrected chi connectivity index (χ2v) is 8.67. The zero-order valence-corrected chi connectivity index (χ0v) is 19.5. The van der Waals surface area contributed by atoms with E-state index in [4.69, 9.17) is 14.2 Å². The van der Waals surface area contributed by atoms with Gasteiger partial charge in [-0.1, -0.05) is 12.1 Å². The number of nitrogens with one attached hydrogen (secondary N) is 1. The molecule has 1 unspecified atom stereocenters.